The summed E-state index contributed by atoms with van der Waals surface area (Å²) in [4.78, 5) is 28.9. The molecular weight excluding hydrogens is 284 g/mol. The van der Waals surface area contributed by atoms with Crippen LogP contribution >= 0.6 is 0 Å². The zero-order valence-corrected chi connectivity index (χ0v) is 11.4. The quantitative estimate of drug-likeness (QED) is 0.569. The van der Waals surface area contributed by atoms with Crippen LogP contribution in [-0.4, -0.2) is 14.9 Å². The Kier molecular flexibility index (Phi) is 3.53. The monoisotopic (exact) mass is 296 g/mol. The standard InChI is InChI=1S/C15H12N4O3/c20-14-8-10(11-4-1-2-5-12(11)18-14)9-17-15-13(19(21)22)6-3-7-16-15/h1-8H,9H2,(H,16,17)(H,18,20). The third-order valence-corrected chi connectivity index (χ3v) is 3.27. The van der Waals surface area contributed by atoms with Gasteiger partial charge in [-0.3, -0.25) is 14.9 Å². The molecule has 0 aliphatic heterocycles. The molecule has 0 atom stereocenters. The number of pyridine rings is 2. The molecule has 0 aliphatic rings. The third-order valence-electron chi connectivity index (χ3n) is 3.27. The van der Waals surface area contributed by atoms with Gasteiger partial charge < -0.3 is 10.3 Å². The molecule has 1 aromatic carbocycles. The number of H-pyrrole nitrogens is 1. The van der Waals surface area contributed by atoms with E-state index in [4.69, 9.17) is 0 Å². The van der Waals surface area contributed by atoms with E-state index in [9.17, 15) is 14.9 Å². The van der Waals surface area contributed by atoms with Gasteiger partial charge in [-0.2, -0.15) is 0 Å². The Morgan fingerprint density at radius 3 is 2.86 bits per heavy atom. The van der Waals surface area contributed by atoms with Crippen LogP contribution in [0.5, 0.6) is 0 Å². The Balaban J connectivity index is 1.95. The van der Waals surface area contributed by atoms with Crippen molar-refractivity contribution in [3.8, 4) is 0 Å². The zero-order chi connectivity index (χ0) is 15.5. The number of nitrogens with one attached hydrogen (secondary N) is 2. The summed E-state index contributed by atoms with van der Waals surface area (Å²) < 4.78 is 0. The van der Waals surface area contributed by atoms with Crippen molar-refractivity contribution in [1.82, 2.24) is 9.97 Å². The number of anilines is 1. The number of aromatic nitrogens is 2. The van der Waals surface area contributed by atoms with Crippen molar-refractivity contribution < 1.29 is 4.92 Å². The molecule has 0 aliphatic carbocycles. The second-order valence-electron chi connectivity index (χ2n) is 4.69. The van der Waals surface area contributed by atoms with Crippen LogP contribution in [0.25, 0.3) is 10.9 Å². The second kappa shape index (κ2) is 5.65. The van der Waals surface area contributed by atoms with Crippen LogP contribution in [0.3, 0.4) is 0 Å². The van der Waals surface area contributed by atoms with Crippen molar-refractivity contribution in [3.63, 3.8) is 0 Å². The highest BCUT2D eigenvalue weighted by atomic mass is 16.6. The number of hydrogen-bond donors (Lipinski definition) is 2. The largest absolute Gasteiger partial charge is 0.360 e. The molecule has 0 bridgehead atoms. The molecule has 3 aromatic rings. The topological polar surface area (TPSA) is 101 Å². The summed E-state index contributed by atoms with van der Waals surface area (Å²) in [6.07, 6.45) is 1.48. The minimum absolute atomic E-state index is 0.100. The van der Waals surface area contributed by atoms with Gasteiger partial charge in [-0.15, -0.1) is 0 Å². The van der Waals surface area contributed by atoms with E-state index in [2.05, 4.69) is 15.3 Å². The third kappa shape index (κ3) is 2.64. The number of fused-ring (bicyclic) bond motifs is 1. The number of aromatic amines is 1. The highest BCUT2D eigenvalue weighted by Crippen LogP contribution is 2.22. The van der Waals surface area contributed by atoms with Gasteiger partial charge in [0.25, 0.3) is 0 Å². The molecule has 0 unspecified atom stereocenters. The fraction of sp³-hybridized carbons (Fsp3) is 0.0667. The van der Waals surface area contributed by atoms with E-state index in [1.54, 1.807) is 0 Å². The van der Waals surface area contributed by atoms with E-state index in [1.165, 1.54) is 24.4 Å². The Bertz CT molecular complexity index is 904. The molecule has 2 N–H and O–H groups in total. The van der Waals surface area contributed by atoms with Crippen molar-refractivity contribution in [2.75, 3.05) is 5.32 Å². The van der Waals surface area contributed by atoms with E-state index in [0.29, 0.717) is 0 Å². The van der Waals surface area contributed by atoms with E-state index in [1.807, 2.05) is 24.3 Å². The maximum atomic E-state index is 11.7. The summed E-state index contributed by atoms with van der Waals surface area (Å²) in [5.74, 6) is 0.178. The lowest BCUT2D eigenvalue weighted by Crippen LogP contribution is -2.10. The average Bonchev–Trinajstić information content (AvgIpc) is 2.52. The first-order valence-electron chi connectivity index (χ1n) is 6.59. The predicted octanol–water partition coefficient (Wildman–Crippen LogP) is 2.44. The number of hydrogen-bond acceptors (Lipinski definition) is 5. The minimum Gasteiger partial charge on any atom is -0.360 e. The number of benzene rings is 1. The van der Waals surface area contributed by atoms with Crippen molar-refractivity contribution in [3.05, 3.63) is 74.7 Å². The van der Waals surface area contributed by atoms with E-state index >= 15 is 0 Å². The van der Waals surface area contributed by atoms with Crippen molar-refractivity contribution in [1.29, 1.82) is 0 Å². The summed E-state index contributed by atoms with van der Waals surface area (Å²) in [6, 6.07) is 11.8. The molecule has 0 radical (unpaired) electrons. The molecule has 7 heteroatoms. The summed E-state index contributed by atoms with van der Waals surface area (Å²) in [5.41, 5.74) is 1.16. The zero-order valence-electron chi connectivity index (χ0n) is 11.4. The molecule has 3 rings (SSSR count). The second-order valence-corrected chi connectivity index (χ2v) is 4.69. The number of nitro groups is 1. The Morgan fingerprint density at radius 2 is 2.05 bits per heavy atom. The lowest BCUT2D eigenvalue weighted by atomic mass is 10.1. The van der Waals surface area contributed by atoms with E-state index in [0.717, 1.165) is 16.5 Å². The summed E-state index contributed by atoms with van der Waals surface area (Å²) >= 11 is 0. The number of rotatable bonds is 4. The molecule has 0 amide bonds. The SMILES string of the molecule is O=c1cc(CNc2ncccc2[N+](=O)[O-])c2ccccc2[nH]1. The highest BCUT2D eigenvalue weighted by Gasteiger charge is 2.14. The van der Waals surface area contributed by atoms with Crippen LogP contribution in [0, 0.1) is 10.1 Å². The van der Waals surface area contributed by atoms with Crippen LogP contribution in [0.2, 0.25) is 0 Å². The van der Waals surface area contributed by atoms with Gasteiger partial charge in [-0.05, 0) is 17.7 Å². The first-order chi connectivity index (χ1) is 10.6. The number of para-hydroxylation sites is 1. The highest BCUT2D eigenvalue weighted by molar-refractivity contribution is 5.82. The smallest absolute Gasteiger partial charge is 0.311 e. The van der Waals surface area contributed by atoms with Gasteiger partial charge >= 0.3 is 5.69 Å². The Labute approximate surface area is 124 Å². The first kappa shape index (κ1) is 13.7. The molecular formula is C15H12N4O3. The first-order valence-corrected chi connectivity index (χ1v) is 6.59. The maximum absolute atomic E-state index is 11.7. The number of nitrogens with zero attached hydrogens (tertiary/aromatic N) is 2. The van der Waals surface area contributed by atoms with Crippen LogP contribution in [0.4, 0.5) is 11.5 Å². The molecule has 2 aromatic heterocycles. The molecule has 0 saturated carbocycles. The molecule has 0 fully saturated rings. The van der Waals surface area contributed by atoms with Gasteiger partial charge in [0.15, 0.2) is 0 Å². The van der Waals surface area contributed by atoms with Crippen LogP contribution < -0.4 is 10.9 Å². The minimum atomic E-state index is -0.495. The fourth-order valence-corrected chi connectivity index (χ4v) is 2.28. The van der Waals surface area contributed by atoms with Crippen molar-refractivity contribution in [2.24, 2.45) is 0 Å². The van der Waals surface area contributed by atoms with Crippen molar-refractivity contribution >= 4 is 22.4 Å². The molecule has 7 nitrogen and oxygen atoms in total. The Hall–Kier alpha value is -3.22. The molecule has 110 valence electrons. The van der Waals surface area contributed by atoms with Crippen LogP contribution in [-0.2, 0) is 6.54 Å². The van der Waals surface area contributed by atoms with Gasteiger partial charge in [0.05, 0.1) is 4.92 Å². The lowest BCUT2D eigenvalue weighted by Gasteiger charge is -2.08. The van der Waals surface area contributed by atoms with E-state index in [-0.39, 0.29) is 23.6 Å². The van der Waals surface area contributed by atoms with Gasteiger partial charge in [-0.1, -0.05) is 18.2 Å². The van der Waals surface area contributed by atoms with Gasteiger partial charge in [0.2, 0.25) is 11.4 Å². The normalized spacial score (nSPS) is 10.5. The predicted molar refractivity (Wildman–Crippen MR) is 82.8 cm³/mol. The van der Waals surface area contributed by atoms with Gasteiger partial charge in [0.1, 0.15) is 0 Å². The molecule has 2 heterocycles. The summed E-state index contributed by atoms with van der Waals surface area (Å²) in [7, 11) is 0. The molecule has 22 heavy (non-hydrogen) atoms. The summed E-state index contributed by atoms with van der Waals surface area (Å²) in [6.45, 7) is 0.266. The molecule has 0 spiro atoms. The maximum Gasteiger partial charge on any atom is 0.311 e. The average molecular weight is 296 g/mol. The van der Waals surface area contributed by atoms with Crippen LogP contribution in [0.1, 0.15) is 5.56 Å². The van der Waals surface area contributed by atoms with Crippen LogP contribution in [0.15, 0.2) is 53.5 Å². The lowest BCUT2D eigenvalue weighted by molar-refractivity contribution is -0.384. The summed E-state index contributed by atoms with van der Waals surface area (Å²) in [5, 5.41) is 14.8. The van der Waals surface area contributed by atoms with Gasteiger partial charge in [-0.25, -0.2) is 4.98 Å². The molecule has 0 saturated heterocycles. The Morgan fingerprint density at radius 1 is 1.23 bits per heavy atom. The van der Waals surface area contributed by atoms with Crippen molar-refractivity contribution in [2.45, 2.75) is 6.54 Å². The fourth-order valence-electron chi connectivity index (χ4n) is 2.28. The van der Waals surface area contributed by atoms with Gasteiger partial charge in [0, 0.05) is 35.8 Å². The van der Waals surface area contributed by atoms with E-state index < -0.39 is 4.92 Å².